The first-order valence-corrected chi connectivity index (χ1v) is 6.98. The fourth-order valence-corrected chi connectivity index (χ4v) is 6.24. The summed E-state index contributed by atoms with van der Waals surface area (Å²) in [6.07, 6.45) is 10.1. The summed E-state index contributed by atoms with van der Waals surface area (Å²) in [6.45, 7) is 4.92. The van der Waals surface area contributed by atoms with Gasteiger partial charge in [0, 0.05) is 0 Å². The van der Waals surface area contributed by atoms with Crippen molar-refractivity contribution in [3.63, 3.8) is 0 Å². The van der Waals surface area contributed by atoms with Crippen molar-refractivity contribution < 1.29 is 0 Å². The molecule has 4 rings (SSSR count). The van der Waals surface area contributed by atoms with Gasteiger partial charge in [0.1, 0.15) is 0 Å². The van der Waals surface area contributed by atoms with Gasteiger partial charge >= 0.3 is 0 Å². The summed E-state index contributed by atoms with van der Waals surface area (Å²) in [5.41, 5.74) is 2.62. The molecule has 1 spiro atoms. The second-order valence-corrected chi connectivity index (χ2v) is 6.55. The highest BCUT2D eigenvalue weighted by molar-refractivity contribution is 5.32. The third-order valence-corrected chi connectivity index (χ3v) is 6.71. The summed E-state index contributed by atoms with van der Waals surface area (Å²) < 4.78 is 0. The minimum atomic E-state index is 0.789. The predicted molar refractivity (Wildman–Crippen MR) is 62.4 cm³/mol. The first-order chi connectivity index (χ1) is 7.29. The van der Waals surface area contributed by atoms with E-state index in [1.54, 1.807) is 19.3 Å². The van der Waals surface area contributed by atoms with Gasteiger partial charge in [0.25, 0.3) is 0 Å². The second-order valence-electron chi connectivity index (χ2n) is 6.55. The maximum absolute atomic E-state index is 2.62. The van der Waals surface area contributed by atoms with E-state index < -0.39 is 0 Å². The minimum Gasteiger partial charge on any atom is -0.0844 e. The maximum Gasteiger partial charge on any atom is -0.0135 e. The standard InChI is InChI=1S/C15H22/c1-3-10-6-7-15-9(2)12-5-4-11(14(12)15)8-13(10)15/h6,9,11-14H,3-5,7-8H2,1-2H3. The lowest BCUT2D eigenvalue weighted by Gasteiger charge is -2.57. The highest BCUT2D eigenvalue weighted by atomic mass is 14.8. The van der Waals surface area contributed by atoms with Crippen LogP contribution in [0.1, 0.15) is 46.0 Å². The van der Waals surface area contributed by atoms with Crippen LogP contribution < -0.4 is 0 Å². The average molecular weight is 202 g/mol. The van der Waals surface area contributed by atoms with Gasteiger partial charge in [-0.05, 0) is 67.1 Å². The number of hydrogen-bond acceptors (Lipinski definition) is 0. The van der Waals surface area contributed by atoms with Crippen LogP contribution in [0.3, 0.4) is 0 Å². The van der Waals surface area contributed by atoms with E-state index in [2.05, 4.69) is 19.9 Å². The van der Waals surface area contributed by atoms with Crippen LogP contribution in [0.15, 0.2) is 11.6 Å². The van der Waals surface area contributed by atoms with Gasteiger partial charge < -0.3 is 0 Å². The van der Waals surface area contributed by atoms with Crippen molar-refractivity contribution in [3.8, 4) is 0 Å². The molecule has 4 aliphatic rings. The molecule has 0 nitrogen and oxygen atoms in total. The molecule has 0 amide bonds. The SMILES string of the molecule is CCC1=CCC23C1CC1CCC(C2C)C13. The normalized spacial score (nSPS) is 59.9. The van der Waals surface area contributed by atoms with Crippen LogP contribution >= 0.6 is 0 Å². The Labute approximate surface area is 93.1 Å². The van der Waals surface area contributed by atoms with Crippen molar-refractivity contribution in [1.82, 2.24) is 0 Å². The molecule has 0 saturated heterocycles. The van der Waals surface area contributed by atoms with Crippen molar-refractivity contribution in [2.24, 2.45) is 35.0 Å². The molecule has 0 aromatic rings. The number of hydrogen-bond donors (Lipinski definition) is 0. The van der Waals surface area contributed by atoms with E-state index in [0.29, 0.717) is 0 Å². The zero-order valence-electron chi connectivity index (χ0n) is 10.00. The highest BCUT2D eigenvalue weighted by Crippen LogP contribution is 2.78. The van der Waals surface area contributed by atoms with E-state index in [0.717, 1.165) is 35.0 Å². The molecule has 6 atom stereocenters. The van der Waals surface area contributed by atoms with E-state index in [4.69, 9.17) is 0 Å². The monoisotopic (exact) mass is 202 g/mol. The number of allylic oxidation sites excluding steroid dienone is 2. The molecule has 0 aromatic carbocycles. The summed E-state index contributed by atoms with van der Waals surface area (Å²) in [5, 5.41) is 0. The van der Waals surface area contributed by atoms with Crippen LogP contribution in [0.25, 0.3) is 0 Å². The van der Waals surface area contributed by atoms with E-state index >= 15 is 0 Å². The summed E-state index contributed by atoms with van der Waals surface area (Å²) in [6, 6.07) is 0. The molecular formula is C15H22. The van der Waals surface area contributed by atoms with Gasteiger partial charge in [0.05, 0.1) is 0 Å². The molecule has 0 heteroatoms. The molecule has 3 fully saturated rings. The Morgan fingerprint density at radius 3 is 3.07 bits per heavy atom. The fraction of sp³-hybridized carbons (Fsp3) is 0.867. The first-order valence-electron chi connectivity index (χ1n) is 6.98. The lowest BCUT2D eigenvalue weighted by molar-refractivity contribution is -0.0945. The smallest absolute Gasteiger partial charge is 0.0135 e. The van der Waals surface area contributed by atoms with E-state index in [1.807, 2.05) is 5.57 Å². The Morgan fingerprint density at radius 2 is 2.27 bits per heavy atom. The second kappa shape index (κ2) is 2.52. The average Bonchev–Trinajstić information content (AvgIpc) is 2.82. The molecule has 6 unspecified atom stereocenters. The molecule has 4 aliphatic carbocycles. The zero-order chi connectivity index (χ0) is 10.2. The molecule has 0 heterocycles. The van der Waals surface area contributed by atoms with Crippen molar-refractivity contribution in [1.29, 1.82) is 0 Å². The van der Waals surface area contributed by atoms with Crippen molar-refractivity contribution in [2.45, 2.75) is 46.0 Å². The predicted octanol–water partition coefficient (Wildman–Crippen LogP) is 4.02. The molecule has 82 valence electrons. The Kier molecular flexibility index (Phi) is 1.49. The van der Waals surface area contributed by atoms with Gasteiger partial charge in [-0.15, -0.1) is 0 Å². The molecule has 0 aromatic heterocycles. The van der Waals surface area contributed by atoms with Gasteiger partial charge in [0.15, 0.2) is 0 Å². The summed E-state index contributed by atoms with van der Waals surface area (Å²) in [4.78, 5) is 0. The van der Waals surface area contributed by atoms with Gasteiger partial charge in [0.2, 0.25) is 0 Å². The van der Waals surface area contributed by atoms with Crippen molar-refractivity contribution >= 4 is 0 Å². The van der Waals surface area contributed by atoms with Crippen LogP contribution in [-0.4, -0.2) is 0 Å². The fourth-order valence-electron chi connectivity index (χ4n) is 6.24. The molecule has 15 heavy (non-hydrogen) atoms. The third-order valence-electron chi connectivity index (χ3n) is 6.71. The van der Waals surface area contributed by atoms with Crippen LogP contribution in [0.2, 0.25) is 0 Å². The summed E-state index contributed by atoms with van der Waals surface area (Å²) in [7, 11) is 0. The Hall–Kier alpha value is -0.260. The Morgan fingerprint density at radius 1 is 1.40 bits per heavy atom. The van der Waals surface area contributed by atoms with Crippen molar-refractivity contribution in [3.05, 3.63) is 11.6 Å². The summed E-state index contributed by atoms with van der Waals surface area (Å²) >= 11 is 0. The van der Waals surface area contributed by atoms with Crippen LogP contribution in [0, 0.1) is 35.0 Å². The number of rotatable bonds is 1. The quantitative estimate of drug-likeness (QED) is 0.563. The van der Waals surface area contributed by atoms with Crippen molar-refractivity contribution in [2.75, 3.05) is 0 Å². The Balaban J connectivity index is 1.77. The van der Waals surface area contributed by atoms with Gasteiger partial charge in [-0.2, -0.15) is 0 Å². The van der Waals surface area contributed by atoms with Crippen LogP contribution in [0.4, 0.5) is 0 Å². The van der Waals surface area contributed by atoms with E-state index in [-0.39, 0.29) is 0 Å². The zero-order valence-corrected chi connectivity index (χ0v) is 10.00. The molecule has 0 bridgehead atoms. The van der Waals surface area contributed by atoms with Gasteiger partial charge in [-0.1, -0.05) is 25.5 Å². The lowest BCUT2D eigenvalue weighted by atomic mass is 9.46. The highest BCUT2D eigenvalue weighted by Gasteiger charge is 2.71. The molecule has 0 N–H and O–H groups in total. The minimum absolute atomic E-state index is 0.789. The largest absolute Gasteiger partial charge is 0.0844 e. The topological polar surface area (TPSA) is 0 Å². The van der Waals surface area contributed by atoms with Crippen LogP contribution in [0.5, 0.6) is 0 Å². The molecule has 0 radical (unpaired) electrons. The van der Waals surface area contributed by atoms with E-state index in [1.165, 1.54) is 12.8 Å². The van der Waals surface area contributed by atoms with Gasteiger partial charge in [-0.25, -0.2) is 0 Å². The van der Waals surface area contributed by atoms with Crippen LogP contribution in [-0.2, 0) is 0 Å². The lowest BCUT2D eigenvalue weighted by Crippen LogP contribution is -2.53. The first kappa shape index (κ1) is 8.84. The maximum atomic E-state index is 2.62. The molecular weight excluding hydrogens is 180 g/mol. The van der Waals surface area contributed by atoms with E-state index in [9.17, 15) is 0 Å². The molecule has 3 saturated carbocycles. The summed E-state index contributed by atoms with van der Waals surface area (Å²) in [5.74, 6) is 5.47. The molecule has 0 aliphatic heterocycles. The Bertz CT molecular complexity index is 340. The third kappa shape index (κ3) is 0.736. The van der Waals surface area contributed by atoms with Gasteiger partial charge in [-0.3, -0.25) is 0 Å².